The molecule has 4 nitrogen and oxygen atoms in total. The van der Waals surface area contributed by atoms with Crippen molar-refractivity contribution in [3.8, 4) is 0 Å². The largest absolute Gasteiger partial charge is 0.347 e. The molecule has 0 radical (unpaired) electrons. The molecule has 0 aliphatic carbocycles. The summed E-state index contributed by atoms with van der Waals surface area (Å²) in [7, 11) is 1.85. The van der Waals surface area contributed by atoms with Crippen molar-refractivity contribution < 1.29 is 4.79 Å². The van der Waals surface area contributed by atoms with E-state index in [2.05, 4.69) is 26.3 Å². The third-order valence-electron chi connectivity index (χ3n) is 2.00. The van der Waals surface area contributed by atoms with Gasteiger partial charge in [-0.15, -0.1) is 11.3 Å². The first-order valence-electron chi connectivity index (χ1n) is 4.65. The number of thiophene rings is 1. The lowest BCUT2D eigenvalue weighted by atomic mass is 10.3. The molecule has 0 bridgehead atoms. The Labute approximate surface area is 105 Å². The molecule has 1 amide bonds. The van der Waals surface area contributed by atoms with E-state index in [-0.39, 0.29) is 5.91 Å². The highest BCUT2D eigenvalue weighted by Crippen LogP contribution is 2.19. The quantitative estimate of drug-likeness (QED) is 0.944. The minimum absolute atomic E-state index is 0.0560. The Hall–Kier alpha value is -1.14. The van der Waals surface area contributed by atoms with Crippen LogP contribution in [0.1, 0.15) is 15.2 Å². The van der Waals surface area contributed by atoms with E-state index >= 15 is 0 Å². The molecule has 6 heteroatoms. The number of aryl methyl sites for hydroxylation is 1. The summed E-state index contributed by atoms with van der Waals surface area (Å²) in [6.07, 6.45) is 3.62. The molecule has 2 aromatic heterocycles. The van der Waals surface area contributed by atoms with Gasteiger partial charge in [-0.1, -0.05) is 0 Å². The lowest BCUT2D eigenvalue weighted by Gasteiger charge is -2.00. The van der Waals surface area contributed by atoms with E-state index in [4.69, 9.17) is 0 Å². The number of halogens is 1. The first kappa shape index (κ1) is 11.3. The number of aromatic nitrogens is 2. The molecule has 2 heterocycles. The van der Waals surface area contributed by atoms with E-state index in [1.807, 2.05) is 24.7 Å². The molecule has 0 spiro atoms. The van der Waals surface area contributed by atoms with E-state index < -0.39 is 0 Å². The molecule has 0 fully saturated rings. The highest BCUT2D eigenvalue weighted by Gasteiger charge is 2.08. The van der Waals surface area contributed by atoms with Gasteiger partial charge >= 0.3 is 0 Å². The van der Waals surface area contributed by atoms with Gasteiger partial charge in [-0.05, 0) is 22.0 Å². The molecule has 0 saturated carbocycles. The number of rotatable bonds is 3. The van der Waals surface area contributed by atoms with Crippen LogP contribution in [0.25, 0.3) is 0 Å². The van der Waals surface area contributed by atoms with E-state index in [0.717, 1.165) is 10.0 Å². The third-order valence-corrected chi connectivity index (χ3v) is 3.69. The highest BCUT2D eigenvalue weighted by atomic mass is 79.9. The Morgan fingerprint density at radius 3 is 3.06 bits per heavy atom. The van der Waals surface area contributed by atoms with Crippen LogP contribution < -0.4 is 5.32 Å². The normalized spacial score (nSPS) is 10.4. The summed E-state index contributed by atoms with van der Waals surface area (Å²) in [6.45, 7) is 0.502. The van der Waals surface area contributed by atoms with Crippen LogP contribution in [0.3, 0.4) is 0 Å². The Kier molecular flexibility index (Phi) is 3.40. The molecular formula is C10H10BrN3OS. The Balaban J connectivity index is 1.93. The molecule has 0 unspecified atom stereocenters. The average molecular weight is 300 g/mol. The summed E-state index contributed by atoms with van der Waals surface area (Å²) in [5, 5.41) is 8.76. The molecular weight excluding hydrogens is 290 g/mol. The monoisotopic (exact) mass is 299 g/mol. The van der Waals surface area contributed by atoms with Crippen LogP contribution in [0, 0.1) is 0 Å². The van der Waals surface area contributed by atoms with Crippen LogP contribution in [-0.2, 0) is 13.6 Å². The van der Waals surface area contributed by atoms with Crippen molar-refractivity contribution in [3.63, 3.8) is 0 Å². The molecule has 0 saturated heterocycles. The zero-order valence-electron chi connectivity index (χ0n) is 8.61. The molecule has 0 aromatic carbocycles. The van der Waals surface area contributed by atoms with Gasteiger partial charge in [-0.2, -0.15) is 5.10 Å². The fraction of sp³-hybridized carbons (Fsp3) is 0.200. The summed E-state index contributed by atoms with van der Waals surface area (Å²) >= 11 is 4.74. The first-order chi connectivity index (χ1) is 7.65. The fourth-order valence-corrected chi connectivity index (χ4v) is 2.61. The smallest absolute Gasteiger partial charge is 0.261 e. The summed E-state index contributed by atoms with van der Waals surface area (Å²) in [5.74, 6) is -0.0560. The average Bonchev–Trinajstić information content (AvgIpc) is 2.84. The van der Waals surface area contributed by atoms with Crippen molar-refractivity contribution in [3.05, 3.63) is 38.8 Å². The number of amides is 1. The van der Waals surface area contributed by atoms with Gasteiger partial charge in [0.1, 0.15) is 0 Å². The molecule has 0 aliphatic heterocycles. The van der Waals surface area contributed by atoms with E-state index in [1.165, 1.54) is 11.3 Å². The van der Waals surface area contributed by atoms with Gasteiger partial charge in [-0.3, -0.25) is 9.48 Å². The first-order valence-corrected chi connectivity index (χ1v) is 6.32. The summed E-state index contributed by atoms with van der Waals surface area (Å²) in [4.78, 5) is 12.4. The highest BCUT2D eigenvalue weighted by molar-refractivity contribution is 9.10. The van der Waals surface area contributed by atoms with Crippen LogP contribution in [0.4, 0.5) is 0 Å². The summed E-state index contributed by atoms with van der Waals surface area (Å²) < 4.78 is 2.65. The second-order valence-electron chi connectivity index (χ2n) is 3.33. The van der Waals surface area contributed by atoms with E-state index in [1.54, 1.807) is 10.9 Å². The Morgan fingerprint density at radius 1 is 1.69 bits per heavy atom. The maximum absolute atomic E-state index is 11.7. The number of carbonyl (C=O) groups is 1. The van der Waals surface area contributed by atoms with Gasteiger partial charge < -0.3 is 5.32 Å². The fourth-order valence-electron chi connectivity index (χ4n) is 1.26. The van der Waals surface area contributed by atoms with Crippen molar-refractivity contribution in [1.29, 1.82) is 0 Å². The zero-order chi connectivity index (χ0) is 11.5. The maximum Gasteiger partial charge on any atom is 0.261 e. The number of nitrogens with one attached hydrogen (secondary N) is 1. The SMILES string of the molecule is Cn1cc(CNC(=O)c2cc(Br)cs2)cn1. The van der Waals surface area contributed by atoms with E-state index in [0.29, 0.717) is 11.4 Å². The minimum atomic E-state index is -0.0560. The lowest BCUT2D eigenvalue weighted by molar-refractivity contribution is 0.0955. The summed E-state index contributed by atoms with van der Waals surface area (Å²) in [5.41, 5.74) is 0.992. The second kappa shape index (κ2) is 4.80. The molecule has 84 valence electrons. The zero-order valence-corrected chi connectivity index (χ0v) is 11.0. The third kappa shape index (κ3) is 2.70. The molecule has 0 aliphatic rings. The van der Waals surface area contributed by atoms with Crippen LogP contribution in [0.15, 0.2) is 28.3 Å². The second-order valence-corrected chi connectivity index (χ2v) is 5.16. The van der Waals surface area contributed by atoms with Gasteiger partial charge in [0.25, 0.3) is 5.91 Å². The lowest BCUT2D eigenvalue weighted by Crippen LogP contribution is -2.21. The van der Waals surface area contributed by atoms with Crippen LogP contribution in [0.2, 0.25) is 0 Å². The molecule has 16 heavy (non-hydrogen) atoms. The number of hydrogen-bond acceptors (Lipinski definition) is 3. The number of carbonyl (C=O) groups excluding carboxylic acids is 1. The van der Waals surface area contributed by atoms with Crippen LogP contribution >= 0.6 is 27.3 Å². The number of hydrogen-bond donors (Lipinski definition) is 1. The van der Waals surface area contributed by atoms with Gasteiger partial charge in [-0.25, -0.2) is 0 Å². The van der Waals surface area contributed by atoms with Crippen molar-refractivity contribution in [1.82, 2.24) is 15.1 Å². The molecule has 2 rings (SSSR count). The predicted octanol–water partition coefficient (Wildman–Crippen LogP) is 2.17. The van der Waals surface area contributed by atoms with Crippen molar-refractivity contribution >= 4 is 33.2 Å². The predicted molar refractivity (Wildman–Crippen MR) is 66.4 cm³/mol. The van der Waals surface area contributed by atoms with Gasteiger partial charge in [0.05, 0.1) is 11.1 Å². The molecule has 2 aromatic rings. The maximum atomic E-state index is 11.7. The molecule has 0 atom stereocenters. The Bertz CT molecular complexity index is 506. The van der Waals surface area contributed by atoms with Crippen molar-refractivity contribution in [2.24, 2.45) is 7.05 Å². The van der Waals surface area contributed by atoms with Crippen molar-refractivity contribution in [2.75, 3.05) is 0 Å². The number of nitrogens with zero attached hydrogens (tertiary/aromatic N) is 2. The Morgan fingerprint density at radius 2 is 2.50 bits per heavy atom. The van der Waals surface area contributed by atoms with Gasteiger partial charge in [0.15, 0.2) is 0 Å². The van der Waals surface area contributed by atoms with Gasteiger partial charge in [0.2, 0.25) is 0 Å². The van der Waals surface area contributed by atoms with Crippen molar-refractivity contribution in [2.45, 2.75) is 6.54 Å². The minimum Gasteiger partial charge on any atom is -0.347 e. The topological polar surface area (TPSA) is 46.9 Å². The van der Waals surface area contributed by atoms with Gasteiger partial charge in [0, 0.05) is 35.2 Å². The van der Waals surface area contributed by atoms with Crippen LogP contribution in [0.5, 0.6) is 0 Å². The van der Waals surface area contributed by atoms with E-state index in [9.17, 15) is 4.79 Å². The standard InChI is InChI=1S/C10H10BrN3OS/c1-14-5-7(4-13-14)3-12-10(15)9-2-8(11)6-16-9/h2,4-6H,3H2,1H3,(H,12,15). The summed E-state index contributed by atoms with van der Waals surface area (Å²) in [6, 6.07) is 1.81. The molecule has 1 N–H and O–H groups in total. The van der Waals surface area contributed by atoms with Crippen LogP contribution in [-0.4, -0.2) is 15.7 Å².